The molecule has 164 valence electrons. The minimum atomic E-state index is 0.243. The highest BCUT2D eigenvalue weighted by atomic mass is 16.5. The van der Waals surface area contributed by atoms with Crippen LogP contribution in [0.4, 0.5) is 0 Å². The number of hydrogen-bond donors (Lipinski definition) is 1. The number of nitrogens with one attached hydrogen (secondary N) is 1. The number of rotatable bonds is 18. The van der Waals surface area contributed by atoms with Crippen molar-refractivity contribution in [2.75, 3.05) is 65.9 Å². The normalized spacial score (nSPS) is 12.7. The van der Waals surface area contributed by atoms with Gasteiger partial charge >= 0.3 is 0 Å². The van der Waals surface area contributed by atoms with Crippen LogP contribution in [0.25, 0.3) is 0 Å². The molecule has 0 radical (unpaired) electrons. The van der Waals surface area contributed by atoms with Crippen LogP contribution >= 0.6 is 0 Å². The Labute approximate surface area is 168 Å². The molecule has 0 saturated heterocycles. The van der Waals surface area contributed by atoms with Gasteiger partial charge in [-0.1, -0.05) is 41.5 Å². The molecule has 0 aliphatic rings. The fourth-order valence-corrected chi connectivity index (χ4v) is 2.24. The molecule has 0 fully saturated rings. The van der Waals surface area contributed by atoms with Gasteiger partial charge in [0.15, 0.2) is 0 Å². The van der Waals surface area contributed by atoms with Crippen molar-refractivity contribution in [3.63, 3.8) is 0 Å². The molecule has 5 nitrogen and oxygen atoms in total. The van der Waals surface area contributed by atoms with Crippen molar-refractivity contribution in [3.8, 4) is 0 Å². The van der Waals surface area contributed by atoms with Crippen LogP contribution in [0.2, 0.25) is 0 Å². The van der Waals surface area contributed by atoms with Crippen molar-refractivity contribution >= 4 is 0 Å². The highest BCUT2D eigenvalue weighted by Gasteiger charge is 2.09. The van der Waals surface area contributed by atoms with Gasteiger partial charge in [-0.2, -0.15) is 0 Å². The fourth-order valence-electron chi connectivity index (χ4n) is 2.24. The SMILES string of the molecule is CC(C)(C)CNCCCOCCCOCCCOCCCOCC(C)(C)C. The van der Waals surface area contributed by atoms with Gasteiger partial charge in [0.1, 0.15) is 0 Å². The van der Waals surface area contributed by atoms with Crippen molar-refractivity contribution < 1.29 is 18.9 Å². The third kappa shape index (κ3) is 25.8. The quantitative estimate of drug-likeness (QED) is 0.354. The molecule has 0 unspecified atom stereocenters. The largest absolute Gasteiger partial charge is 0.381 e. The minimum Gasteiger partial charge on any atom is -0.381 e. The highest BCUT2D eigenvalue weighted by Crippen LogP contribution is 2.12. The van der Waals surface area contributed by atoms with Crippen LogP contribution in [-0.2, 0) is 18.9 Å². The summed E-state index contributed by atoms with van der Waals surface area (Å²) < 4.78 is 22.4. The monoisotopic (exact) mass is 389 g/mol. The second kappa shape index (κ2) is 16.7. The zero-order chi connectivity index (χ0) is 20.4. The first-order valence-corrected chi connectivity index (χ1v) is 10.7. The van der Waals surface area contributed by atoms with Gasteiger partial charge in [0.25, 0.3) is 0 Å². The summed E-state index contributed by atoms with van der Waals surface area (Å²) in [6.45, 7) is 21.6. The third-order valence-electron chi connectivity index (χ3n) is 3.56. The number of ether oxygens (including phenoxy) is 4. The van der Waals surface area contributed by atoms with Gasteiger partial charge in [-0.05, 0) is 49.6 Å². The van der Waals surface area contributed by atoms with Crippen molar-refractivity contribution in [3.05, 3.63) is 0 Å². The highest BCUT2D eigenvalue weighted by molar-refractivity contribution is 4.64. The zero-order valence-electron chi connectivity index (χ0n) is 19.0. The summed E-state index contributed by atoms with van der Waals surface area (Å²) in [7, 11) is 0. The first kappa shape index (κ1) is 26.8. The van der Waals surface area contributed by atoms with E-state index >= 15 is 0 Å². The molecule has 27 heavy (non-hydrogen) atoms. The second-order valence-corrected chi connectivity index (χ2v) is 9.60. The first-order valence-electron chi connectivity index (χ1n) is 10.7. The molecular formula is C22H47NO4. The molecule has 0 aromatic rings. The van der Waals surface area contributed by atoms with E-state index in [4.69, 9.17) is 18.9 Å². The van der Waals surface area contributed by atoms with E-state index in [1.165, 1.54) is 0 Å². The first-order chi connectivity index (χ1) is 12.7. The molecule has 5 heteroatoms. The van der Waals surface area contributed by atoms with E-state index in [1.54, 1.807) is 0 Å². The average molecular weight is 390 g/mol. The zero-order valence-corrected chi connectivity index (χ0v) is 19.0. The molecule has 0 aromatic heterocycles. The van der Waals surface area contributed by atoms with Crippen LogP contribution in [0.1, 0.15) is 67.2 Å². The molecule has 0 spiro atoms. The second-order valence-electron chi connectivity index (χ2n) is 9.60. The van der Waals surface area contributed by atoms with E-state index in [2.05, 4.69) is 46.9 Å². The topological polar surface area (TPSA) is 49.0 Å². The van der Waals surface area contributed by atoms with Crippen LogP contribution in [0.15, 0.2) is 0 Å². The lowest BCUT2D eigenvalue weighted by molar-refractivity contribution is 0.0393. The maximum Gasteiger partial charge on any atom is 0.0514 e. The summed E-state index contributed by atoms with van der Waals surface area (Å²) in [6.07, 6.45) is 3.93. The Hall–Kier alpha value is -0.200. The van der Waals surface area contributed by atoms with E-state index in [0.29, 0.717) is 5.41 Å². The van der Waals surface area contributed by atoms with Gasteiger partial charge < -0.3 is 24.3 Å². The van der Waals surface area contributed by atoms with E-state index < -0.39 is 0 Å². The Balaban J connectivity index is 3.07. The van der Waals surface area contributed by atoms with E-state index in [1.807, 2.05) is 0 Å². The standard InChI is InChI=1S/C22H47NO4/c1-21(2,3)19-23-11-7-12-24-13-8-14-25-15-9-16-26-17-10-18-27-20-22(4,5)6/h23H,7-20H2,1-6H3. The Kier molecular flexibility index (Phi) is 16.6. The Bertz CT molecular complexity index is 280. The van der Waals surface area contributed by atoms with Crippen LogP contribution < -0.4 is 5.32 Å². The van der Waals surface area contributed by atoms with Gasteiger partial charge in [-0.25, -0.2) is 0 Å². The summed E-state index contributed by atoms with van der Waals surface area (Å²) in [5.74, 6) is 0. The van der Waals surface area contributed by atoms with E-state index in [9.17, 15) is 0 Å². The molecule has 0 aromatic carbocycles. The lowest BCUT2D eigenvalue weighted by Gasteiger charge is -2.18. The predicted octanol–water partition coefficient (Wildman–Crippen LogP) is 4.30. The van der Waals surface area contributed by atoms with Crippen LogP contribution in [0.3, 0.4) is 0 Å². The predicted molar refractivity (Wildman–Crippen MR) is 114 cm³/mol. The van der Waals surface area contributed by atoms with Crippen molar-refractivity contribution in [1.29, 1.82) is 0 Å². The summed E-state index contributed by atoms with van der Waals surface area (Å²) >= 11 is 0. The summed E-state index contributed by atoms with van der Waals surface area (Å²) in [5, 5.41) is 3.46. The summed E-state index contributed by atoms with van der Waals surface area (Å²) in [4.78, 5) is 0. The van der Waals surface area contributed by atoms with E-state index in [-0.39, 0.29) is 5.41 Å². The number of hydrogen-bond acceptors (Lipinski definition) is 5. The van der Waals surface area contributed by atoms with Crippen molar-refractivity contribution in [2.24, 2.45) is 10.8 Å². The maximum absolute atomic E-state index is 5.62. The van der Waals surface area contributed by atoms with Gasteiger partial charge in [-0.15, -0.1) is 0 Å². The molecule has 0 heterocycles. The Morgan fingerprint density at radius 2 is 0.926 bits per heavy atom. The van der Waals surface area contributed by atoms with Gasteiger partial charge in [0, 0.05) is 46.2 Å². The third-order valence-corrected chi connectivity index (χ3v) is 3.56. The molecule has 1 N–H and O–H groups in total. The lowest BCUT2D eigenvalue weighted by atomic mass is 9.97. The van der Waals surface area contributed by atoms with Gasteiger partial charge in [0.05, 0.1) is 6.61 Å². The Morgan fingerprint density at radius 3 is 1.33 bits per heavy atom. The van der Waals surface area contributed by atoms with Gasteiger partial charge in [-0.3, -0.25) is 0 Å². The smallest absolute Gasteiger partial charge is 0.0514 e. The molecule has 0 bridgehead atoms. The average Bonchev–Trinajstić information content (AvgIpc) is 2.55. The summed E-state index contributed by atoms with van der Waals surface area (Å²) in [5.41, 5.74) is 0.594. The Morgan fingerprint density at radius 1 is 0.519 bits per heavy atom. The van der Waals surface area contributed by atoms with Crippen molar-refractivity contribution in [2.45, 2.75) is 67.2 Å². The molecule has 0 saturated carbocycles. The molecule has 0 atom stereocenters. The van der Waals surface area contributed by atoms with Crippen LogP contribution in [-0.4, -0.2) is 65.9 Å². The fraction of sp³-hybridized carbons (Fsp3) is 1.00. The van der Waals surface area contributed by atoms with Crippen LogP contribution in [0, 0.1) is 10.8 Å². The maximum atomic E-state index is 5.62. The van der Waals surface area contributed by atoms with Gasteiger partial charge in [0.2, 0.25) is 0 Å². The molecule has 0 rings (SSSR count). The molecule has 0 aliphatic heterocycles. The lowest BCUT2D eigenvalue weighted by Crippen LogP contribution is -2.28. The van der Waals surface area contributed by atoms with Crippen LogP contribution in [0.5, 0.6) is 0 Å². The summed E-state index contributed by atoms with van der Waals surface area (Å²) in [6, 6.07) is 0. The minimum absolute atomic E-state index is 0.243. The molecular weight excluding hydrogens is 342 g/mol. The molecule has 0 aliphatic carbocycles. The van der Waals surface area contributed by atoms with Crippen molar-refractivity contribution in [1.82, 2.24) is 5.32 Å². The van der Waals surface area contributed by atoms with E-state index in [0.717, 1.165) is 91.6 Å². The molecule has 0 amide bonds.